The number of aliphatic hydroxyl groups excluding tert-OH is 2. The number of nitriles is 1. The molecule has 2 unspecified atom stereocenters. The van der Waals surface area contributed by atoms with E-state index in [2.05, 4.69) is 39.2 Å². The summed E-state index contributed by atoms with van der Waals surface area (Å²) in [5.74, 6) is 0.345. The van der Waals surface area contributed by atoms with Crippen LogP contribution < -0.4 is 5.32 Å². The average molecular weight is 325 g/mol. The molecule has 1 saturated heterocycles. The van der Waals surface area contributed by atoms with E-state index in [-0.39, 0.29) is 24.0 Å². The zero-order valence-electron chi connectivity index (χ0n) is 14.7. The van der Waals surface area contributed by atoms with E-state index in [1.807, 2.05) is 0 Å². The molecular weight excluding hydrogens is 294 g/mol. The molecule has 1 aliphatic heterocycles. The fraction of sp³-hybridized carbons (Fsp3) is 0.882. The van der Waals surface area contributed by atoms with Crippen molar-refractivity contribution in [3.63, 3.8) is 0 Å². The van der Waals surface area contributed by atoms with Gasteiger partial charge in [-0.2, -0.15) is 5.26 Å². The predicted octanol–water partition coefficient (Wildman–Crippen LogP) is 1.23. The maximum atomic E-state index is 12.3. The highest BCUT2D eigenvalue weighted by molar-refractivity contribution is 5.82. The molecule has 132 valence electrons. The Bertz CT molecular complexity index is 431. The summed E-state index contributed by atoms with van der Waals surface area (Å²) < 4.78 is 0. The monoisotopic (exact) mass is 325 g/mol. The van der Waals surface area contributed by atoms with Crippen LogP contribution in [0.25, 0.3) is 0 Å². The maximum Gasteiger partial charge on any atom is 0.243 e. The first kappa shape index (κ1) is 19.7. The molecule has 0 spiro atoms. The van der Waals surface area contributed by atoms with Crippen molar-refractivity contribution in [1.29, 1.82) is 5.26 Å². The van der Waals surface area contributed by atoms with E-state index in [9.17, 15) is 15.2 Å². The van der Waals surface area contributed by atoms with E-state index in [1.165, 1.54) is 0 Å². The van der Waals surface area contributed by atoms with Crippen molar-refractivity contribution in [3.05, 3.63) is 0 Å². The molecule has 0 aromatic heterocycles. The number of carbonyl (C=O) groups is 1. The first-order valence-electron chi connectivity index (χ1n) is 8.47. The molecule has 3 atom stereocenters. The smallest absolute Gasteiger partial charge is 0.243 e. The second-order valence-electron chi connectivity index (χ2n) is 7.52. The number of hydrogen-bond acceptors (Lipinski definition) is 5. The molecule has 0 aromatic carbocycles. The molecule has 1 heterocycles. The van der Waals surface area contributed by atoms with Gasteiger partial charge in [-0.3, -0.25) is 9.69 Å². The summed E-state index contributed by atoms with van der Waals surface area (Å²) in [6.45, 7) is 8.77. The quantitative estimate of drug-likeness (QED) is 0.583. The minimum absolute atomic E-state index is 0.108. The van der Waals surface area contributed by atoms with Gasteiger partial charge in [-0.15, -0.1) is 0 Å². The Hall–Kier alpha value is -1.32. The number of likely N-dealkylation sites (tertiary alicyclic amines) is 1. The van der Waals surface area contributed by atoms with E-state index in [0.29, 0.717) is 25.3 Å². The summed E-state index contributed by atoms with van der Waals surface area (Å²) in [4.78, 5) is 13.9. The summed E-state index contributed by atoms with van der Waals surface area (Å²) >= 11 is 0. The van der Waals surface area contributed by atoms with Crippen LogP contribution in [-0.4, -0.2) is 52.4 Å². The van der Waals surface area contributed by atoms with Gasteiger partial charge < -0.3 is 15.5 Å². The Morgan fingerprint density at radius 3 is 2.61 bits per heavy atom. The summed E-state index contributed by atoms with van der Waals surface area (Å²) in [6, 6.07) is -0.310. The zero-order chi connectivity index (χ0) is 17.6. The number of amides is 1. The topological polar surface area (TPSA) is 96.6 Å². The highest BCUT2D eigenvalue weighted by Crippen LogP contribution is 2.37. The fourth-order valence-corrected chi connectivity index (χ4v) is 2.91. The standard InChI is InChI=1S/C17H31N3O3/c1-12(2)17(3,4)9-13-5-6-15(20(13)11-18)16(23)19-8-7-14(22)10-21/h12-15,21-22H,5-10H2,1-4H3,(H,19,23)/t13?,14-,15?/m0/s1. The molecule has 0 aromatic rings. The van der Waals surface area contributed by atoms with Gasteiger partial charge in [-0.05, 0) is 37.0 Å². The van der Waals surface area contributed by atoms with Crippen LogP contribution in [0.3, 0.4) is 0 Å². The molecule has 0 radical (unpaired) electrons. The van der Waals surface area contributed by atoms with Gasteiger partial charge in [-0.1, -0.05) is 27.7 Å². The fourth-order valence-electron chi connectivity index (χ4n) is 2.91. The van der Waals surface area contributed by atoms with Crippen molar-refractivity contribution in [2.75, 3.05) is 13.2 Å². The third-order valence-corrected chi connectivity index (χ3v) is 5.23. The van der Waals surface area contributed by atoms with Crippen molar-refractivity contribution in [1.82, 2.24) is 10.2 Å². The second-order valence-corrected chi connectivity index (χ2v) is 7.52. The zero-order valence-corrected chi connectivity index (χ0v) is 14.7. The summed E-state index contributed by atoms with van der Waals surface area (Å²) in [7, 11) is 0. The molecular formula is C17H31N3O3. The summed E-state index contributed by atoms with van der Waals surface area (Å²) in [5, 5.41) is 30.3. The Morgan fingerprint density at radius 1 is 1.43 bits per heavy atom. The van der Waals surface area contributed by atoms with Crippen molar-refractivity contribution < 1.29 is 15.0 Å². The van der Waals surface area contributed by atoms with Crippen LogP contribution in [0, 0.1) is 22.8 Å². The van der Waals surface area contributed by atoms with Gasteiger partial charge in [0.2, 0.25) is 5.91 Å². The van der Waals surface area contributed by atoms with E-state index in [0.717, 1.165) is 12.8 Å². The van der Waals surface area contributed by atoms with Crippen LogP contribution in [0.15, 0.2) is 0 Å². The first-order valence-corrected chi connectivity index (χ1v) is 8.47. The lowest BCUT2D eigenvalue weighted by molar-refractivity contribution is -0.125. The van der Waals surface area contributed by atoms with Gasteiger partial charge in [0.1, 0.15) is 6.04 Å². The van der Waals surface area contributed by atoms with Crippen molar-refractivity contribution in [3.8, 4) is 6.19 Å². The number of hydrogen-bond donors (Lipinski definition) is 3. The van der Waals surface area contributed by atoms with Crippen LogP contribution in [0.2, 0.25) is 0 Å². The Balaban J connectivity index is 2.59. The molecule has 23 heavy (non-hydrogen) atoms. The van der Waals surface area contributed by atoms with Gasteiger partial charge in [-0.25, -0.2) is 0 Å². The van der Waals surface area contributed by atoms with Crippen LogP contribution in [0.1, 0.15) is 53.4 Å². The predicted molar refractivity (Wildman–Crippen MR) is 88.2 cm³/mol. The lowest BCUT2D eigenvalue weighted by Crippen LogP contribution is -2.45. The largest absolute Gasteiger partial charge is 0.394 e. The lowest BCUT2D eigenvalue weighted by atomic mass is 9.76. The third-order valence-electron chi connectivity index (χ3n) is 5.23. The normalized spacial score (nSPS) is 23.0. The number of aliphatic hydroxyl groups is 2. The Labute approximate surface area is 139 Å². The van der Waals surface area contributed by atoms with Gasteiger partial charge in [0.15, 0.2) is 6.19 Å². The summed E-state index contributed by atoms with van der Waals surface area (Å²) in [6.07, 6.45) is 4.12. The number of rotatable bonds is 8. The van der Waals surface area contributed by atoms with Gasteiger partial charge in [0.25, 0.3) is 0 Å². The molecule has 0 saturated carbocycles. The Kier molecular flexibility index (Phi) is 7.30. The molecule has 6 nitrogen and oxygen atoms in total. The van der Waals surface area contributed by atoms with E-state index >= 15 is 0 Å². The highest BCUT2D eigenvalue weighted by Gasteiger charge is 2.40. The average Bonchev–Trinajstić information content (AvgIpc) is 2.88. The summed E-state index contributed by atoms with van der Waals surface area (Å²) in [5.41, 5.74) is 0.121. The van der Waals surface area contributed by atoms with Gasteiger partial charge in [0.05, 0.1) is 12.7 Å². The highest BCUT2D eigenvalue weighted by atomic mass is 16.3. The molecule has 6 heteroatoms. The minimum atomic E-state index is -0.814. The number of carbonyl (C=O) groups excluding carboxylic acids is 1. The van der Waals surface area contributed by atoms with E-state index in [1.54, 1.807) is 4.90 Å². The minimum Gasteiger partial charge on any atom is -0.394 e. The molecule has 0 aliphatic carbocycles. The van der Waals surface area contributed by atoms with Gasteiger partial charge in [0, 0.05) is 12.6 Å². The molecule has 1 amide bonds. The number of nitrogens with one attached hydrogen (secondary N) is 1. The van der Waals surface area contributed by atoms with Crippen LogP contribution in [0.5, 0.6) is 0 Å². The molecule has 1 fully saturated rings. The molecule has 1 rings (SSSR count). The van der Waals surface area contributed by atoms with Crippen LogP contribution in [0.4, 0.5) is 0 Å². The molecule has 3 N–H and O–H groups in total. The van der Waals surface area contributed by atoms with Crippen LogP contribution >= 0.6 is 0 Å². The lowest BCUT2D eigenvalue weighted by Gasteiger charge is -2.34. The SMILES string of the molecule is CC(C)C(C)(C)CC1CCC(C(=O)NCC[C@H](O)CO)N1C#N. The first-order chi connectivity index (χ1) is 10.7. The number of nitrogens with zero attached hydrogens (tertiary/aromatic N) is 2. The van der Waals surface area contributed by atoms with Crippen molar-refractivity contribution in [2.24, 2.45) is 11.3 Å². The molecule has 1 aliphatic rings. The van der Waals surface area contributed by atoms with Gasteiger partial charge >= 0.3 is 0 Å². The second kappa shape index (κ2) is 8.51. The third kappa shape index (κ3) is 5.36. The van der Waals surface area contributed by atoms with E-state index < -0.39 is 12.1 Å². The maximum absolute atomic E-state index is 12.3. The van der Waals surface area contributed by atoms with Crippen LogP contribution in [-0.2, 0) is 4.79 Å². The van der Waals surface area contributed by atoms with E-state index in [4.69, 9.17) is 5.11 Å². The van der Waals surface area contributed by atoms with Crippen molar-refractivity contribution >= 4 is 5.91 Å². The van der Waals surface area contributed by atoms with Crippen molar-refractivity contribution in [2.45, 2.75) is 71.6 Å². The molecule has 0 bridgehead atoms. The Morgan fingerprint density at radius 2 is 2.09 bits per heavy atom.